The molecule has 1 heterocycles. The molecule has 0 amide bonds. The van der Waals surface area contributed by atoms with Crippen molar-refractivity contribution in [3.8, 4) is 0 Å². The highest BCUT2D eigenvalue weighted by Gasteiger charge is 2.16. The number of pyridine rings is 1. The molecule has 0 saturated carbocycles. The van der Waals surface area contributed by atoms with Gasteiger partial charge in [0.05, 0.1) is 5.52 Å². The van der Waals surface area contributed by atoms with Crippen LogP contribution in [0.2, 0.25) is 0 Å². The van der Waals surface area contributed by atoms with E-state index in [9.17, 15) is 8.42 Å². The van der Waals surface area contributed by atoms with Crippen molar-refractivity contribution < 1.29 is 8.42 Å². The summed E-state index contributed by atoms with van der Waals surface area (Å²) in [4.78, 5) is 6.44. The lowest BCUT2D eigenvalue weighted by Gasteiger charge is -2.23. The van der Waals surface area contributed by atoms with Gasteiger partial charge in [-0.25, -0.2) is 13.4 Å². The van der Waals surface area contributed by atoms with Crippen LogP contribution in [-0.2, 0) is 9.84 Å². The molecule has 20 heavy (non-hydrogen) atoms. The van der Waals surface area contributed by atoms with E-state index < -0.39 is 9.84 Å². The number of benzene rings is 1. The molecule has 4 nitrogen and oxygen atoms in total. The Morgan fingerprint density at radius 1 is 1.20 bits per heavy atom. The van der Waals surface area contributed by atoms with Crippen LogP contribution in [0.25, 0.3) is 10.9 Å². The maximum Gasteiger partial charge on any atom is 0.192 e. The van der Waals surface area contributed by atoms with Gasteiger partial charge in [0.15, 0.2) is 14.9 Å². The normalized spacial score (nSPS) is 11.8. The smallest absolute Gasteiger partial charge is 0.192 e. The van der Waals surface area contributed by atoms with Crippen molar-refractivity contribution in [2.24, 2.45) is 0 Å². The fourth-order valence-corrected chi connectivity index (χ4v) is 3.24. The third-order valence-corrected chi connectivity index (χ3v) is 4.85. The van der Waals surface area contributed by atoms with Crippen LogP contribution in [0.15, 0.2) is 29.3 Å². The van der Waals surface area contributed by atoms with Crippen molar-refractivity contribution in [2.75, 3.05) is 24.2 Å². The van der Waals surface area contributed by atoms with E-state index in [-0.39, 0.29) is 5.03 Å². The van der Waals surface area contributed by atoms with E-state index in [2.05, 4.69) is 46.3 Å². The van der Waals surface area contributed by atoms with Crippen LogP contribution in [0.3, 0.4) is 0 Å². The summed E-state index contributed by atoms with van der Waals surface area (Å²) in [7, 11) is -3.32. The molecule has 0 saturated heterocycles. The van der Waals surface area contributed by atoms with Crippen LogP contribution < -0.4 is 4.90 Å². The zero-order valence-electron chi connectivity index (χ0n) is 11.7. The molecule has 1 aromatic heterocycles. The fraction of sp³-hybridized carbons (Fsp3) is 0.357. The van der Waals surface area contributed by atoms with Crippen molar-refractivity contribution >= 4 is 49.0 Å². The van der Waals surface area contributed by atoms with Gasteiger partial charge in [-0.3, -0.25) is 0 Å². The van der Waals surface area contributed by atoms with E-state index in [0.29, 0.717) is 0 Å². The van der Waals surface area contributed by atoms with Crippen molar-refractivity contribution in [2.45, 2.75) is 18.9 Å². The highest BCUT2D eigenvalue weighted by molar-refractivity contribution is 14.1. The number of anilines is 1. The van der Waals surface area contributed by atoms with Gasteiger partial charge in [0.25, 0.3) is 0 Å². The third-order valence-electron chi connectivity index (χ3n) is 3.21. The van der Waals surface area contributed by atoms with Gasteiger partial charge in [-0.1, -0.05) is 0 Å². The summed E-state index contributed by atoms with van der Waals surface area (Å²) in [6.07, 6.45) is 1.20. The van der Waals surface area contributed by atoms with Crippen LogP contribution in [-0.4, -0.2) is 32.7 Å². The van der Waals surface area contributed by atoms with Crippen molar-refractivity contribution in [3.63, 3.8) is 0 Å². The monoisotopic (exact) mass is 404 g/mol. The lowest BCUT2D eigenvalue weighted by atomic mass is 10.1. The molecule has 6 heteroatoms. The summed E-state index contributed by atoms with van der Waals surface area (Å²) in [5.74, 6) is 0. The van der Waals surface area contributed by atoms with E-state index in [1.54, 1.807) is 6.07 Å². The Bertz CT molecular complexity index is 740. The number of fused-ring (bicyclic) bond motifs is 1. The summed E-state index contributed by atoms with van der Waals surface area (Å²) in [6, 6.07) is 7.61. The molecule has 1 aromatic carbocycles. The topological polar surface area (TPSA) is 50.3 Å². The lowest BCUT2D eigenvalue weighted by molar-refractivity contribution is 0.598. The number of sulfone groups is 1. The molecule has 0 aliphatic heterocycles. The Morgan fingerprint density at radius 3 is 2.40 bits per heavy atom. The molecule has 0 fully saturated rings. The number of aromatic nitrogens is 1. The first-order chi connectivity index (χ1) is 9.36. The molecule has 0 unspecified atom stereocenters. The van der Waals surface area contributed by atoms with Crippen molar-refractivity contribution in [3.05, 3.63) is 27.8 Å². The van der Waals surface area contributed by atoms with E-state index in [1.165, 1.54) is 6.26 Å². The summed E-state index contributed by atoms with van der Waals surface area (Å²) in [6.45, 7) is 5.76. The maximum absolute atomic E-state index is 11.8. The van der Waals surface area contributed by atoms with Gasteiger partial charge in [-0.15, -0.1) is 0 Å². The second-order valence-corrected chi connectivity index (χ2v) is 7.79. The molecule has 0 spiro atoms. The number of nitrogens with zero attached hydrogens (tertiary/aromatic N) is 2. The Kier molecular flexibility index (Phi) is 4.53. The van der Waals surface area contributed by atoms with Crippen molar-refractivity contribution in [1.82, 2.24) is 4.98 Å². The predicted octanol–water partition coefficient (Wildman–Crippen LogP) is 3.09. The number of rotatable bonds is 4. The molecule has 0 atom stereocenters. The van der Waals surface area contributed by atoms with Crippen LogP contribution in [0.5, 0.6) is 0 Å². The Morgan fingerprint density at radius 2 is 1.85 bits per heavy atom. The minimum absolute atomic E-state index is 0.133. The number of halogens is 1. The summed E-state index contributed by atoms with van der Waals surface area (Å²) < 4.78 is 24.7. The highest BCUT2D eigenvalue weighted by Crippen LogP contribution is 2.29. The summed E-state index contributed by atoms with van der Waals surface area (Å²) >= 11 is 2.21. The number of hydrogen-bond donors (Lipinski definition) is 0. The quantitative estimate of drug-likeness (QED) is 0.735. The lowest BCUT2D eigenvalue weighted by Crippen LogP contribution is -2.22. The molecular formula is C14H17IN2O2S. The van der Waals surface area contributed by atoms with Crippen molar-refractivity contribution in [1.29, 1.82) is 0 Å². The summed E-state index contributed by atoms with van der Waals surface area (Å²) in [5.41, 5.74) is 1.65. The fourth-order valence-electron chi connectivity index (χ4n) is 2.18. The summed E-state index contributed by atoms with van der Waals surface area (Å²) in [5, 5.41) is 1.12. The first-order valence-corrected chi connectivity index (χ1v) is 9.39. The molecule has 0 aliphatic carbocycles. The van der Waals surface area contributed by atoms with Gasteiger partial charge >= 0.3 is 0 Å². The van der Waals surface area contributed by atoms with E-state index >= 15 is 0 Å². The minimum Gasteiger partial charge on any atom is -0.371 e. The van der Waals surface area contributed by atoms with Gasteiger partial charge in [-0.2, -0.15) is 0 Å². The Hall–Kier alpha value is -0.890. The molecular weight excluding hydrogens is 387 g/mol. The van der Waals surface area contributed by atoms with Crippen LogP contribution in [0.1, 0.15) is 13.8 Å². The molecule has 0 bridgehead atoms. The van der Waals surface area contributed by atoms with Crippen LogP contribution >= 0.6 is 22.6 Å². The third kappa shape index (κ3) is 3.06. The standard InChI is InChI=1S/C14H17IN2O2S/c1-4-17(5-2)13-9-14(20(3,18)19)16-12-8-10(15)6-7-11(12)13/h6-9H,4-5H2,1-3H3. The zero-order chi connectivity index (χ0) is 14.9. The molecule has 0 N–H and O–H groups in total. The van der Waals surface area contributed by atoms with Gasteiger partial charge in [0, 0.05) is 34.0 Å². The van der Waals surface area contributed by atoms with Crippen LogP contribution in [0.4, 0.5) is 5.69 Å². The molecule has 2 aromatic rings. The average Bonchev–Trinajstić information content (AvgIpc) is 2.38. The van der Waals surface area contributed by atoms with E-state index in [0.717, 1.165) is 33.3 Å². The van der Waals surface area contributed by atoms with Gasteiger partial charge in [0.2, 0.25) is 0 Å². The largest absolute Gasteiger partial charge is 0.371 e. The second-order valence-electron chi connectivity index (χ2n) is 4.59. The first-order valence-electron chi connectivity index (χ1n) is 6.42. The number of hydrogen-bond acceptors (Lipinski definition) is 4. The molecule has 2 rings (SSSR count). The van der Waals surface area contributed by atoms with Crippen LogP contribution in [0, 0.1) is 3.57 Å². The van der Waals surface area contributed by atoms with E-state index in [1.807, 2.05) is 18.2 Å². The Balaban J connectivity index is 2.82. The first kappa shape index (κ1) is 15.5. The minimum atomic E-state index is -3.32. The maximum atomic E-state index is 11.8. The highest BCUT2D eigenvalue weighted by atomic mass is 127. The average molecular weight is 404 g/mol. The van der Waals surface area contributed by atoms with Gasteiger partial charge < -0.3 is 4.90 Å². The second kappa shape index (κ2) is 5.85. The molecule has 0 radical (unpaired) electrons. The van der Waals surface area contributed by atoms with Gasteiger partial charge in [0.1, 0.15) is 0 Å². The molecule has 0 aliphatic rings. The van der Waals surface area contributed by atoms with Gasteiger partial charge in [-0.05, 0) is 60.7 Å². The SMILES string of the molecule is CCN(CC)c1cc(S(C)(=O)=O)nc2cc(I)ccc12. The van der Waals surface area contributed by atoms with E-state index in [4.69, 9.17) is 0 Å². The Labute approximate surface area is 133 Å². The zero-order valence-corrected chi connectivity index (χ0v) is 14.7. The predicted molar refractivity (Wildman–Crippen MR) is 91.1 cm³/mol. The molecule has 108 valence electrons.